The quantitative estimate of drug-likeness (QED) is 0.662. The van der Waals surface area contributed by atoms with Crippen LogP contribution in [0.25, 0.3) is 0 Å². The zero-order valence-corrected chi connectivity index (χ0v) is 11.0. The number of esters is 1. The number of anilines is 1. The minimum atomic E-state index is -0.311. The van der Waals surface area contributed by atoms with Crippen molar-refractivity contribution >= 4 is 23.3 Å². The van der Waals surface area contributed by atoms with Crippen molar-refractivity contribution in [2.24, 2.45) is 0 Å². The molecule has 1 aromatic rings. The zero-order valence-electron chi connectivity index (χ0n) is 10.2. The van der Waals surface area contributed by atoms with E-state index in [0.29, 0.717) is 17.1 Å². The van der Waals surface area contributed by atoms with Crippen molar-refractivity contribution in [3.63, 3.8) is 0 Å². The van der Waals surface area contributed by atoms with Gasteiger partial charge in [0.2, 0.25) is 0 Å². The van der Waals surface area contributed by atoms with Gasteiger partial charge in [-0.1, -0.05) is 23.7 Å². The fraction of sp³-hybridized carbons (Fsp3) is 0.308. The number of rotatable bonds is 4. The van der Waals surface area contributed by atoms with Crippen LogP contribution in [0.15, 0.2) is 29.8 Å². The van der Waals surface area contributed by atoms with E-state index in [0.717, 1.165) is 11.3 Å². The van der Waals surface area contributed by atoms with E-state index in [1.54, 1.807) is 13.0 Å². The average molecular weight is 254 g/mol. The molecule has 0 heterocycles. The Kier molecular flexibility index (Phi) is 5.04. The van der Waals surface area contributed by atoms with E-state index in [-0.39, 0.29) is 5.97 Å². The average Bonchev–Trinajstić information content (AvgIpc) is 2.32. The molecule has 0 saturated heterocycles. The van der Waals surface area contributed by atoms with Crippen LogP contribution < -0.4 is 5.32 Å². The first-order chi connectivity index (χ1) is 8.04. The van der Waals surface area contributed by atoms with Gasteiger partial charge in [-0.25, -0.2) is 4.79 Å². The predicted molar refractivity (Wildman–Crippen MR) is 70.5 cm³/mol. The molecule has 1 aromatic carbocycles. The molecule has 0 amide bonds. The van der Waals surface area contributed by atoms with Crippen LogP contribution in [0.5, 0.6) is 0 Å². The van der Waals surface area contributed by atoms with E-state index < -0.39 is 0 Å². The molecule has 92 valence electrons. The molecular formula is C13H16ClNO2. The van der Waals surface area contributed by atoms with Crippen LogP contribution in [0.4, 0.5) is 5.69 Å². The van der Waals surface area contributed by atoms with Crippen LogP contribution in [0, 0.1) is 6.92 Å². The first kappa shape index (κ1) is 13.6. The molecule has 1 N–H and O–H groups in total. The van der Waals surface area contributed by atoms with E-state index >= 15 is 0 Å². The highest BCUT2D eigenvalue weighted by molar-refractivity contribution is 6.30. The lowest BCUT2D eigenvalue weighted by molar-refractivity contribution is -0.136. The Morgan fingerprint density at radius 2 is 2.24 bits per heavy atom. The Morgan fingerprint density at radius 3 is 2.88 bits per heavy atom. The first-order valence-electron chi connectivity index (χ1n) is 5.29. The number of halogens is 1. The van der Waals surface area contributed by atoms with Crippen molar-refractivity contribution in [1.82, 2.24) is 0 Å². The summed E-state index contributed by atoms with van der Waals surface area (Å²) in [7, 11) is 1.37. The number of aryl methyl sites for hydroxylation is 1. The molecule has 0 atom stereocenters. The molecule has 3 nitrogen and oxygen atoms in total. The summed E-state index contributed by atoms with van der Waals surface area (Å²) in [6.45, 7) is 4.27. The SMILES string of the molecule is COC(=O)/C(C)=C/CNc1cc(Cl)ccc1C. The molecule has 0 aliphatic heterocycles. The number of methoxy groups -OCH3 is 1. The number of carbonyl (C=O) groups is 1. The summed E-state index contributed by atoms with van der Waals surface area (Å²) >= 11 is 5.90. The lowest BCUT2D eigenvalue weighted by Gasteiger charge is -2.08. The number of hydrogen-bond donors (Lipinski definition) is 1. The maximum Gasteiger partial charge on any atom is 0.333 e. The van der Waals surface area contributed by atoms with E-state index in [2.05, 4.69) is 10.1 Å². The van der Waals surface area contributed by atoms with Crippen LogP contribution >= 0.6 is 11.6 Å². The van der Waals surface area contributed by atoms with Gasteiger partial charge in [-0.05, 0) is 31.5 Å². The van der Waals surface area contributed by atoms with Crippen molar-refractivity contribution in [1.29, 1.82) is 0 Å². The normalized spacial score (nSPS) is 11.2. The Balaban J connectivity index is 2.62. The number of ether oxygens (including phenoxy) is 1. The van der Waals surface area contributed by atoms with Gasteiger partial charge in [-0.15, -0.1) is 0 Å². The minimum absolute atomic E-state index is 0.311. The summed E-state index contributed by atoms with van der Waals surface area (Å²) in [4.78, 5) is 11.1. The largest absolute Gasteiger partial charge is 0.466 e. The maximum atomic E-state index is 11.1. The van der Waals surface area contributed by atoms with Crippen LogP contribution in [0.1, 0.15) is 12.5 Å². The first-order valence-corrected chi connectivity index (χ1v) is 5.67. The summed E-state index contributed by atoms with van der Waals surface area (Å²) < 4.78 is 4.60. The van der Waals surface area contributed by atoms with Crippen LogP contribution in [-0.4, -0.2) is 19.6 Å². The summed E-state index contributed by atoms with van der Waals surface area (Å²) in [6.07, 6.45) is 1.78. The monoisotopic (exact) mass is 253 g/mol. The molecule has 4 heteroatoms. The van der Waals surface area contributed by atoms with E-state index in [4.69, 9.17) is 11.6 Å². The number of carbonyl (C=O) groups excluding carboxylic acids is 1. The highest BCUT2D eigenvalue weighted by Crippen LogP contribution is 2.19. The Bertz CT molecular complexity index is 441. The number of nitrogens with one attached hydrogen (secondary N) is 1. The topological polar surface area (TPSA) is 38.3 Å². The Hall–Kier alpha value is -1.48. The molecule has 0 saturated carbocycles. The summed E-state index contributed by atoms with van der Waals surface area (Å²) in [5.74, 6) is -0.311. The fourth-order valence-electron chi connectivity index (χ4n) is 1.34. The molecule has 0 spiro atoms. The van der Waals surface area contributed by atoms with E-state index in [9.17, 15) is 4.79 Å². The van der Waals surface area contributed by atoms with Gasteiger partial charge in [-0.2, -0.15) is 0 Å². The van der Waals surface area contributed by atoms with Gasteiger partial charge in [0.25, 0.3) is 0 Å². The van der Waals surface area contributed by atoms with Crippen molar-refractivity contribution in [2.75, 3.05) is 19.0 Å². The third-order valence-electron chi connectivity index (χ3n) is 2.41. The predicted octanol–water partition coefficient (Wildman–Crippen LogP) is 3.18. The second-order valence-electron chi connectivity index (χ2n) is 3.72. The minimum Gasteiger partial charge on any atom is -0.466 e. The van der Waals surface area contributed by atoms with Gasteiger partial charge >= 0.3 is 5.97 Å². The van der Waals surface area contributed by atoms with Crippen molar-refractivity contribution in [2.45, 2.75) is 13.8 Å². The fourth-order valence-corrected chi connectivity index (χ4v) is 1.52. The number of benzene rings is 1. The molecule has 0 bridgehead atoms. The van der Waals surface area contributed by atoms with Crippen molar-refractivity contribution in [3.05, 3.63) is 40.4 Å². The molecule has 0 fully saturated rings. The highest BCUT2D eigenvalue weighted by atomic mass is 35.5. The van der Waals surface area contributed by atoms with Gasteiger partial charge in [0, 0.05) is 22.8 Å². The van der Waals surface area contributed by atoms with Crippen LogP contribution in [0.3, 0.4) is 0 Å². The Labute approximate surface area is 106 Å². The number of hydrogen-bond acceptors (Lipinski definition) is 3. The molecule has 1 rings (SSSR count). The van der Waals surface area contributed by atoms with Gasteiger partial charge in [0.15, 0.2) is 0 Å². The smallest absolute Gasteiger partial charge is 0.333 e. The third-order valence-corrected chi connectivity index (χ3v) is 2.64. The van der Waals surface area contributed by atoms with Gasteiger partial charge < -0.3 is 10.1 Å². The highest BCUT2D eigenvalue weighted by Gasteiger charge is 2.02. The van der Waals surface area contributed by atoms with E-state index in [1.807, 2.05) is 25.1 Å². The molecular weight excluding hydrogens is 238 g/mol. The van der Waals surface area contributed by atoms with Gasteiger partial charge in [0.05, 0.1) is 7.11 Å². The summed E-state index contributed by atoms with van der Waals surface area (Å²) in [5.41, 5.74) is 2.66. The van der Waals surface area contributed by atoms with Crippen molar-refractivity contribution in [3.8, 4) is 0 Å². The zero-order chi connectivity index (χ0) is 12.8. The van der Waals surface area contributed by atoms with Crippen molar-refractivity contribution < 1.29 is 9.53 Å². The molecule has 0 aromatic heterocycles. The summed E-state index contributed by atoms with van der Waals surface area (Å²) in [5, 5.41) is 3.88. The van der Waals surface area contributed by atoms with Gasteiger partial charge in [0.1, 0.15) is 0 Å². The third kappa shape index (κ3) is 4.11. The summed E-state index contributed by atoms with van der Waals surface area (Å²) in [6, 6.07) is 5.65. The standard InChI is InChI=1S/C13H16ClNO2/c1-9-4-5-11(14)8-12(9)15-7-6-10(2)13(16)17-3/h4-6,8,15H,7H2,1-3H3/b10-6+. The van der Waals surface area contributed by atoms with Crippen LogP contribution in [-0.2, 0) is 9.53 Å². The molecule has 0 radical (unpaired) electrons. The van der Waals surface area contributed by atoms with Crippen LogP contribution in [0.2, 0.25) is 5.02 Å². The molecule has 0 aliphatic rings. The van der Waals surface area contributed by atoms with E-state index in [1.165, 1.54) is 7.11 Å². The lowest BCUT2D eigenvalue weighted by atomic mass is 10.2. The second-order valence-corrected chi connectivity index (χ2v) is 4.16. The lowest BCUT2D eigenvalue weighted by Crippen LogP contribution is -2.06. The van der Waals surface area contributed by atoms with Gasteiger partial charge in [-0.3, -0.25) is 0 Å². The maximum absolute atomic E-state index is 11.1. The Morgan fingerprint density at radius 1 is 1.53 bits per heavy atom. The molecule has 0 unspecified atom stereocenters. The second kappa shape index (κ2) is 6.30. The molecule has 0 aliphatic carbocycles. The molecule has 17 heavy (non-hydrogen) atoms.